The lowest BCUT2D eigenvalue weighted by molar-refractivity contribution is 0.112. The highest BCUT2D eigenvalue weighted by molar-refractivity contribution is 5.98. The van der Waals surface area contributed by atoms with Crippen LogP contribution in [0.5, 0.6) is 11.5 Å². The summed E-state index contributed by atoms with van der Waals surface area (Å²) in [6, 6.07) is 11.5. The number of nitrogens with one attached hydrogen (secondary N) is 1. The highest BCUT2D eigenvalue weighted by Crippen LogP contribution is 2.41. The number of ether oxygens (including phenoxy) is 2. The average molecular weight is 281 g/mol. The van der Waals surface area contributed by atoms with Crippen LogP contribution in [0.15, 0.2) is 42.6 Å². The number of methoxy groups -OCH3 is 2. The van der Waals surface area contributed by atoms with Crippen LogP contribution in [0.25, 0.3) is 22.0 Å². The number of aromatic nitrogens is 1. The molecule has 0 aliphatic carbocycles. The van der Waals surface area contributed by atoms with Gasteiger partial charge >= 0.3 is 0 Å². The lowest BCUT2D eigenvalue weighted by Gasteiger charge is -2.13. The van der Waals surface area contributed by atoms with E-state index in [-0.39, 0.29) is 0 Å². The van der Waals surface area contributed by atoms with Crippen LogP contribution >= 0.6 is 0 Å². The molecule has 4 heteroatoms. The van der Waals surface area contributed by atoms with Gasteiger partial charge in [0, 0.05) is 33.8 Å². The van der Waals surface area contributed by atoms with E-state index in [1.165, 1.54) is 0 Å². The van der Waals surface area contributed by atoms with Gasteiger partial charge in [0.25, 0.3) is 0 Å². The molecule has 4 nitrogen and oxygen atoms in total. The highest BCUT2D eigenvalue weighted by Gasteiger charge is 2.16. The Morgan fingerprint density at radius 3 is 2.57 bits per heavy atom. The van der Waals surface area contributed by atoms with E-state index in [1.54, 1.807) is 20.3 Å². The summed E-state index contributed by atoms with van der Waals surface area (Å²) >= 11 is 0. The molecule has 0 unspecified atom stereocenters. The molecule has 0 radical (unpaired) electrons. The number of carbonyl (C=O) groups is 1. The molecule has 2 aromatic carbocycles. The maximum Gasteiger partial charge on any atom is 0.168 e. The maximum absolute atomic E-state index is 11.2. The van der Waals surface area contributed by atoms with Crippen LogP contribution in [-0.4, -0.2) is 25.5 Å². The number of hydrogen-bond acceptors (Lipinski definition) is 3. The van der Waals surface area contributed by atoms with Crippen LogP contribution in [0.4, 0.5) is 0 Å². The first kappa shape index (κ1) is 13.2. The smallest absolute Gasteiger partial charge is 0.168 e. The number of H-pyrrole nitrogens is 1. The molecule has 0 saturated carbocycles. The summed E-state index contributed by atoms with van der Waals surface area (Å²) in [7, 11) is 3.15. The number of hydrogen-bond donors (Lipinski definition) is 1. The molecule has 0 amide bonds. The van der Waals surface area contributed by atoms with E-state index in [4.69, 9.17) is 9.47 Å². The summed E-state index contributed by atoms with van der Waals surface area (Å²) in [5.41, 5.74) is 3.39. The second-order valence-corrected chi connectivity index (χ2v) is 4.67. The number of rotatable bonds is 4. The molecule has 1 aromatic heterocycles. The SMILES string of the molecule is COc1cc(C=O)cc(-c2c[nH]c3ccccc23)c1OC. The van der Waals surface area contributed by atoms with Gasteiger partial charge < -0.3 is 14.5 Å². The van der Waals surface area contributed by atoms with Crippen molar-refractivity contribution in [2.75, 3.05) is 14.2 Å². The van der Waals surface area contributed by atoms with Gasteiger partial charge in [-0.3, -0.25) is 4.79 Å². The minimum absolute atomic E-state index is 0.544. The van der Waals surface area contributed by atoms with Gasteiger partial charge in [0.15, 0.2) is 11.5 Å². The third-order valence-corrected chi connectivity index (χ3v) is 3.52. The van der Waals surface area contributed by atoms with Gasteiger partial charge in [0.2, 0.25) is 0 Å². The maximum atomic E-state index is 11.2. The largest absolute Gasteiger partial charge is 0.493 e. The van der Waals surface area contributed by atoms with Crippen LogP contribution < -0.4 is 9.47 Å². The molecule has 0 saturated heterocycles. The van der Waals surface area contributed by atoms with Crippen molar-refractivity contribution < 1.29 is 14.3 Å². The Kier molecular flexibility index (Phi) is 3.36. The molecule has 21 heavy (non-hydrogen) atoms. The first-order chi connectivity index (χ1) is 10.3. The molecule has 0 bridgehead atoms. The second-order valence-electron chi connectivity index (χ2n) is 4.67. The number of carbonyl (C=O) groups excluding carboxylic acids is 1. The molecule has 1 N–H and O–H groups in total. The summed E-state index contributed by atoms with van der Waals surface area (Å²) in [4.78, 5) is 14.4. The highest BCUT2D eigenvalue weighted by atomic mass is 16.5. The minimum Gasteiger partial charge on any atom is -0.493 e. The zero-order valence-corrected chi connectivity index (χ0v) is 11.8. The molecule has 0 aliphatic heterocycles. The van der Waals surface area contributed by atoms with Gasteiger partial charge in [-0.1, -0.05) is 18.2 Å². The monoisotopic (exact) mass is 281 g/mol. The molecule has 106 valence electrons. The Bertz CT molecular complexity index is 805. The fourth-order valence-corrected chi connectivity index (χ4v) is 2.55. The fraction of sp³-hybridized carbons (Fsp3) is 0.118. The fourth-order valence-electron chi connectivity index (χ4n) is 2.55. The van der Waals surface area contributed by atoms with Gasteiger partial charge in [-0.25, -0.2) is 0 Å². The molecule has 0 fully saturated rings. The van der Waals surface area contributed by atoms with Gasteiger partial charge in [-0.15, -0.1) is 0 Å². The molecular formula is C17H15NO3. The van der Waals surface area contributed by atoms with Gasteiger partial charge in [-0.05, 0) is 18.2 Å². The molecule has 3 rings (SSSR count). The summed E-state index contributed by atoms with van der Waals surface area (Å²) < 4.78 is 10.8. The first-order valence-electron chi connectivity index (χ1n) is 6.56. The lowest BCUT2D eigenvalue weighted by atomic mass is 10.0. The van der Waals surface area contributed by atoms with Crippen LogP contribution in [0.1, 0.15) is 10.4 Å². The number of aromatic amines is 1. The molecule has 1 heterocycles. The Hall–Kier alpha value is -2.75. The molecule has 0 spiro atoms. The van der Waals surface area contributed by atoms with E-state index in [0.717, 1.165) is 28.3 Å². The number of fused-ring (bicyclic) bond motifs is 1. The third-order valence-electron chi connectivity index (χ3n) is 3.52. The Balaban J connectivity index is 2.32. The van der Waals surface area contributed by atoms with Crippen molar-refractivity contribution in [3.8, 4) is 22.6 Å². The van der Waals surface area contributed by atoms with Crippen LogP contribution in [0.2, 0.25) is 0 Å². The van der Waals surface area contributed by atoms with E-state index < -0.39 is 0 Å². The predicted molar refractivity (Wildman–Crippen MR) is 82.2 cm³/mol. The Labute approximate surface area is 122 Å². The zero-order chi connectivity index (χ0) is 14.8. The normalized spacial score (nSPS) is 10.6. The summed E-state index contributed by atoms with van der Waals surface area (Å²) in [6.45, 7) is 0. The standard InChI is InChI=1S/C17H15NO3/c1-20-16-8-11(10-19)7-13(17(16)21-2)14-9-18-15-6-4-3-5-12(14)15/h3-10,18H,1-2H3. The van der Waals surface area contributed by atoms with Crippen molar-refractivity contribution in [3.63, 3.8) is 0 Å². The van der Waals surface area contributed by atoms with Crippen molar-refractivity contribution in [1.82, 2.24) is 4.98 Å². The lowest BCUT2D eigenvalue weighted by Crippen LogP contribution is -1.95. The van der Waals surface area contributed by atoms with E-state index in [0.29, 0.717) is 17.1 Å². The predicted octanol–water partition coefficient (Wildman–Crippen LogP) is 3.66. The van der Waals surface area contributed by atoms with Crippen molar-refractivity contribution in [2.45, 2.75) is 0 Å². The molecular weight excluding hydrogens is 266 g/mol. The third kappa shape index (κ3) is 2.14. The molecule has 0 atom stereocenters. The Morgan fingerprint density at radius 2 is 1.86 bits per heavy atom. The van der Waals surface area contributed by atoms with E-state index in [9.17, 15) is 4.79 Å². The van der Waals surface area contributed by atoms with Crippen molar-refractivity contribution in [2.24, 2.45) is 0 Å². The number of aldehydes is 1. The zero-order valence-electron chi connectivity index (χ0n) is 11.8. The summed E-state index contributed by atoms with van der Waals surface area (Å²) in [6.07, 6.45) is 2.72. The van der Waals surface area contributed by atoms with E-state index in [1.807, 2.05) is 36.5 Å². The molecule has 0 aliphatic rings. The summed E-state index contributed by atoms with van der Waals surface area (Å²) in [5, 5.41) is 1.07. The quantitative estimate of drug-likeness (QED) is 0.742. The minimum atomic E-state index is 0.544. The second kappa shape index (κ2) is 5.32. The molecule has 3 aromatic rings. The van der Waals surface area contributed by atoms with E-state index in [2.05, 4.69) is 4.98 Å². The summed E-state index contributed by atoms with van der Waals surface area (Å²) in [5.74, 6) is 1.16. The number of para-hydroxylation sites is 1. The first-order valence-corrected chi connectivity index (χ1v) is 6.56. The Morgan fingerprint density at radius 1 is 1.05 bits per heavy atom. The van der Waals surface area contributed by atoms with Crippen LogP contribution in [0.3, 0.4) is 0 Å². The average Bonchev–Trinajstić information content (AvgIpc) is 2.97. The van der Waals surface area contributed by atoms with Gasteiger partial charge in [-0.2, -0.15) is 0 Å². The van der Waals surface area contributed by atoms with E-state index >= 15 is 0 Å². The van der Waals surface area contributed by atoms with Gasteiger partial charge in [0.05, 0.1) is 14.2 Å². The topological polar surface area (TPSA) is 51.3 Å². The van der Waals surface area contributed by atoms with Gasteiger partial charge in [0.1, 0.15) is 6.29 Å². The van der Waals surface area contributed by atoms with Crippen molar-refractivity contribution in [3.05, 3.63) is 48.2 Å². The number of benzene rings is 2. The van der Waals surface area contributed by atoms with Crippen molar-refractivity contribution >= 4 is 17.2 Å². The van der Waals surface area contributed by atoms with Crippen molar-refractivity contribution in [1.29, 1.82) is 0 Å². The van der Waals surface area contributed by atoms with Crippen LogP contribution in [0, 0.1) is 0 Å². The van der Waals surface area contributed by atoms with Crippen LogP contribution in [-0.2, 0) is 0 Å².